The monoisotopic (exact) mass is 365 g/mol. The van der Waals surface area contributed by atoms with E-state index in [0.29, 0.717) is 12.2 Å². The summed E-state index contributed by atoms with van der Waals surface area (Å²) < 4.78 is 0. The van der Waals surface area contributed by atoms with E-state index in [1.54, 1.807) is 5.01 Å². The molecule has 0 amide bonds. The Hall–Kier alpha value is -3.50. The molecule has 5 rings (SSSR count). The largest absolute Gasteiger partial charge is 0.365 e. The van der Waals surface area contributed by atoms with Gasteiger partial charge in [0.1, 0.15) is 0 Å². The molecule has 136 valence electrons. The number of benzene rings is 3. The van der Waals surface area contributed by atoms with Crippen molar-refractivity contribution in [3.8, 4) is 0 Å². The van der Waals surface area contributed by atoms with Crippen LogP contribution in [0.1, 0.15) is 17.5 Å². The third-order valence-corrected chi connectivity index (χ3v) is 5.13. The highest BCUT2D eigenvalue weighted by molar-refractivity contribution is 6.03. The van der Waals surface area contributed by atoms with Crippen molar-refractivity contribution in [2.75, 3.05) is 5.01 Å². The maximum atomic E-state index is 11.8. The molecule has 4 aromatic rings. The van der Waals surface area contributed by atoms with E-state index < -0.39 is 5.72 Å². The molecule has 1 N–H and O–H groups in total. The Morgan fingerprint density at radius 1 is 0.750 bits per heavy atom. The third kappa shape index (κ3) is 2.75. The zero-order valence-corrected chi connectivity index (χ0v) is 15.2. The summed E-state index contributed by atoms with van der Waals surface area (Å²) in [6.07, 6.45) is 0.384. The number of para-hydroxylation sites is 1. The van der Waals surface area contributed by atoms with Gasteiger partial charge >= 0.3 is 0 Å². The normalized spacial score (nSPS) is 19.0. The molecule has 0 saturated carbocycles. The Labute approximate surface area is 163 Å². The van der Waals surface area contributed by atoms with Gasteiger partial charge in [0.2, 0.25) is 0 Å². The van der Waals surface area contributed by atoms with E-state index in [1.165, 1.54) is 0 Å². The number of hydrogen-bond acceptors (Lipinski definition) is 4. The predicted molar refractivity (Wildman–Crippen MR) is 112 cm³/mol. The molecule has 1 atom stereocenters. The number of hydrazone groups is 1. The average molecular weight is 365 g/mol. The molecule has 0 saturated heterocycles. The first-order chi connectivity index (χ1) is 13.7. The molecule has 0 radical (unpaired) electrons. The van der Waals surface area contributed by atoms with Crippen LogP contribution in [0.3, 0.4) is 0 Å². The Kier molecular flexibility index (Phi) is 3.92. The molecule has 4 nitrogen and oxygen atoms in total. The lowest BCUT2D eigenvalue weighted by Crippen LogP contribution is -2.40. The van der Waals surface area contributed by atoms with Gasteiger partial charge in [-0.15, -0.1) is 0 Å². The highest BCUT2D eigenvalue weighted by Gasteiger charge is 2.44. The van der Waals surface area contributed by atoms with Gasteiger partial charge in [0, 0.05) is 17.4 Å². The standard InChI is InChI=1S/C24H19N3O/c28-24(20-12-5-2-6-13-20)17-22(18-9-3-1-4-10-18)26-27(24)23-16-15-19-11-7-8-14-21(19)25-23/h1-16,28H,17H2/t24-/m1/s1. The number of rotatable bonds is 3. The minimum absolute atomic E-state index is 0.384. The zero-order valence-electron chi connectivity index (χ0n) is 15.2. The van der Waals surface area contributed by atoms with Crippen molar-refractivity contribution in [3.05, 3.63) is 108 Å². The van der Waals surface area contributed by atoms with E-state index in [4.69, 9.17) is 10.1 Å². The second kappa shape index (κ2) is 6.59. The molecular formula is C24H19N3O. The lowest BCUT2D eigenvalue weighted by atomic mass is 9.95. The molecule has 0 aliphatic carbocycles. The van der Waals surface area contributed by atoms with Crippen LogP contribution in [-0.4, -0.2) is 15.8 Å². The summed E-state index contributed by atoms with van der Waals surface area (Å²) in [7, 11) is 0. The first-order valence-electron chi connectivity index (χ1n) is 9.31. The van der Waals surface area contributed by atoms with E-state index in [-0.39, 0.29) is 0 Å². The molecule has 2 heterocycles. The van der Waals surface area contributed by atoms with Crippen LogP contribution in [0.25, 0.3) is 10.9 Å². The van der Waals surface area contributed by atoms with Gasteiger partial charge in [-0.2, -0.15) is 5.10 Å². The van der Waals surface area contributed by atoms with Crippen LogP contribution in [0.15, 0.2) is 102 Å². The van der Waals surface area contributed by atoms with Crippen LogP contribution < -0.4 is 5.01 Å². The summed E-state index contributed by atoms with van der Waals surface area (Å²) in [6, 6.07) is 31.5. The van der Waals surface area contributed by atoms with Crippen molar-refractivity contribution >= 4 is 22.4 Å². The van der Waals surface area contributed by atoms with E-state index in [0.717, 1.165) is 27.7 Å². The maximum Gasteiger partial charge on any atom is 0.192 e. The number of aromatic nitrogens is 1. The van der Waals surface area contributed by atoms with Crippen molar-refractivity contribution in [1.29, 1.82) is 0 Å². The van der Waals surface area contributed by atoms with Gasteiger partial charge in [0.25, 0.3) is 0 Å². The Bertz CT molecular complexity index is 1160. The van der Waals surface area contributed by atoms with Gasteiger partial charge in [-0.25, -0.2) is 9.99 Å². The quantitative estimate of drug-likeness (QED) is 0.573. The van der Waals surface area contributed by atoms with E-state index >= 15 is 0 Å². The molecule has 0 fully saturated rings. The fourth-order valence-corrected chi connectivity index (χ4v) is 3.68. The second-order valence-electron chi connectivity index (χ2n) is 6.95. The van der Waals surface area contributed by atoms with Crippen LogP contribution in [0.2, 0.25) is 0 Å². The predicted octanol–water partition coefficient (Wildman–Crippen LogP) is 4.69. The number of pyridine rings is 1. The molecule has 1 aliphatic heterocycles. The van der Waals surface area contributed by atoms with Gasteiger partial charge in [-0.05, 0) is 23.8 Å². The van der Waals surface area contributed by atoms with Crippen LogP contribution in [0.4, 0.5) is 5.82 Å². The van der Waals surface area contributed by atoms with Crippen LogP contribution in [0.5, 0.6) is 0 Å². The molecule has 28 heavy (non-hydrogen) atoms. The first-order valence-corrected chi connectivity index (χ1v) is 9.31. The minimum atomic E-state index is -1.29. The van der Waals surface area contributed by atoms with Gasteiger partial charge in [-0.1, -0.05) is 78.9 Å². The summed E-state index contributed by atoms with van der Waals surface area (Å²) in [4.78, 5) is 4.77. The summed E-state index contributed by atoms with van der Waals surface area (Å²) in [5, 5.41) is 19.3. The van der Waals surface area contributed by atoms with Crippen molar-refractivity contribution in [2.45, 2.75) is 12.1 Å². The number of aliphatic hydroxyl groups is 1. The summed E-state index contributed by atoms with van der Waals surface area (Å²) >= 11 is 0. The fraction of sp³-hybridized carbons (Fsp3) is 0.0833. The smallest absolute Gasteiger partial charge is 0.192 e. The Morgan fingerprint density at radius 3 is 2.21 bits per heavy atom. The molecule has 1 aliphatic rings. The molecule has 0 bridgehead atoms. The first kappa shape index (κ1) is 16.7. The Morgan fingerprint density at radius 2 is 1.43 bits per heavy atom. The van der Waals surface area contributed by atoms with E-state index in [2.05, 4.69) is 0 Å². The van der Waals surface area contributed by atoms with Gasteiger partial charge in [0.15, 0.2) is 11.5 Å². The molecular weight excluding hydrogens is 346 g/mol. The zero-order chi connectivity index (χ0) is 19.0. The molecule has 4 heteroatoms. The number of anilines is 1. The molecule has 0 spiro atoms. The minimum Gasteiger partial charge on any atom is -0.365 e. The van der Waals surface area contributed by atoms with E-state index in [1.807, 2.05) is 97.1 Å². The van der Waals surface area contributed by atoms with Crippen molar-refractivity contribution in [2.24, 2.45) is 5.10 Å². The number of nitrogens with zero attached hydrogens (tertiary/aromatic N) is 3. The lowest BCUT2D eigenvalue weighted by molar-refractivity contribution is 0.0487. The number of hydrogen-bond donors (Lipinski definition) is 1. The summed E-state index contributed by atoms with van der Waals surface area (Å²) in [5.74, 6) is 0.621. The van der Waals surface area contributed by atoms with Gasteiger partial charge in [0.05, 0.1) is 11.2 Å². The van der Waals surface area contributed by atoms with Crippen molar-refractivity contribution in [3.63, 3.8) is 0 Å². The second-order valence-corrected chi connectivity index (χ2v) is 6.95. The maximum absolute atomic E-state index is 11.8. The Balaban J connectivity index is 1.66. The van der Waals surface area contributed by atoms with Gasteiger partial charge in [-0.3, -0.25) is 0 Å². The highest BCUT2D eigenvalue weighted by atomic mass is 16.3. The lowest BCUT2D eigenvalue weighted by Gasteiger charge is -2.32. The third-order valence-electron chi connectivity index (χ3n) is 5.13. The molecule has 3 aromatic carbocycles. The van der Waals surface area contributed by atoms with Crippen molar-refractivity contribution in [1.82, 2.24) is 4.98 Å². The highest BCUT2D eigenvalue weighted by Crippen LogP contribution is 2.39. The molecule has 0 unspecified atom stereocenters. The molecule has 1 aromatic heterocycles. The summed E-state index contributed by atoms with van der Waals surface area (Å²) in [5.41, 5.74) is 2.21. The van der Waals surface area contributed by atoms with Crippen LogP contribution in [0, 0.1) is 0 Å². The van der Waals surface area contributed by atoms with Crippen LogP contribution >= 0.6 is 0 Å². The van der Waals surface area contributed by atoms with Crippen LogP contribution in [-0.2, 0) is 5.72 Å². The van der Waals surface area contributed by atoms with E-state index in [9.17, 15) is 5.11 Å². The average Bonchev–Trinajstić information content (AvgIpc) is 3.13. The van der Waals surface area contributed by atoms with Crippen molar-refractivity contribution < 1.29 is 5.11 Å². The fourth-order valence-electron chi connectivity index (χ4n) is 3.68. The summed E-state index contributed by atoms with van der Waals surface area (Å²) in [6.45, 7) is 0. The van der Waals surface area contributed by atoms with Gasteiger partial charge < -0.3 is 5.11 Å². The SMILES string of the molecule is O[C@@]1(c2ccccc2)CC(c2ccccc2)=NN1c1ccc2ccccc2n1. The number of fused-ring (bicyclic) bond motifs is 1. The topological polar surface area (TPSA) is 48.7 Å².